The van der Waals surface area contributed by atoms with E-state index in [4.69, 9.17) is 18.9 Å². The van der Waals surface area contributed by atoms with E-state index in [2.05, 4.69) is 13.8 Å². The Morgan fingerprint density at radius 2 is 1.29 bits per heavy atom. The molecule has 6 atom stereocenters. The molecule has 4 fully saturated rings. The summed E-state index contributed by atoms with van der Waals surface area (Å²) < 4.78 is 21.7. The Kier molecular flexibility index (Phi) is 3.88. The number of esters is 2. The Balaban J connectivity index is 1.12. The topological polar surface area (TPSA) is 77.7 Å². The maximum atomic E-state index is 12.1. The van der Waals surface area contributed by atoms with Gasteiger partial charge in [-0.05, 0) is 52.4 Å². The summed E-state index contributed by atoms with van der Waals surface area (Å²) in [4.78, 5) is 24.1. The van der Waals surface area contributed by atoms with Crippen LogP contribution in [0.25, 0.3) is 0 Å². The van der Waals surface area contributed by atoms with Gasteiger partial charge in [0.2, 0.25) is 0 Å². The highest BCUT2D eigenvalue weighted by Crippen LogP contribution is 2.50. The predicted octanol–water partition coefficient (Wildman–Crippen LogP) is 1.99. The zero-order valence-corrected chi connectivity index (χ0v) is 14.4. The second kappa shape index (κ2) is 5.70. The molecule has 0 radical (unpaired) electrons. The van der Waals surface area contributed by atoms with Crippen molar-refractivity contribution < 1.29 is 28.5 Å². The lowest BCUT2D eigenvalue weighted by Crippen LogP contribution is -2.30. The van der Waals surface area contributed by atoms with Gasteiger partial charge in [-0.15, -0.1) is 0 Å². The molecule has 134 valence electrons. The number of epoxide rings is 2. The molecule has 0 aromatic carbocycles. The van der Waals surface area contributed by atoms with E-state index >= 15 is 0 Å². The summed E-state index contributed by atoms with van der Waals surface area (Å²) in [6.45, 7) is 4.46. The fraction of sp³-hybridized carbons (Fsp3) is 0.889. The molecular formula is C18H26O6. The lowest BCUT2D eigenvalue weighted by molar-refractivity contribution is -0.158. The first kappa shape index (κ1) is 16.3. The quantitative estimate of drug-likeness (QED) is 0.433. The fourth-order valence-corrected chi connectivity index (χ4v) is 4.24. The van der Waals surface area contributed by atoms with Crippen molar-refractivity contribution in [1.82, 2.24) is 0 Å². The van der Waals surface area contributed by atoms with Crippen molar-refractivity contribution >= 4 is 11.9 Å². The summed E-state index contributed by atoms with van der Waals surface area (Å²) in [7, 11) is 0. The SMILES string of the molecule is CC12CCC(C(=O)OCCOC(=O)C3CCC4(C)OC4C3)CC1O2. The van der Waals surface area contributed by atoms with Gasteiger partial charge in [-0.25, -0.2) is 0 Å². The van der Waals surface area contributed by atoms with Crippen LogP contribution >= 0.6 is 0 Å². The van der Waals surface area contributed by atoms with Crippen molar-refractivity contribution in [2.75, 3.05) is 13.2 Å². The van der Waals surface area contributed by atoms with Crippen LogP contribution in [0.4, 0.5) is 0 Å². The van der Waals surface area contributed by atoms with E-state index in [0.29, 0.717) is 0 Å². The first-order chi connectivity index (χ1) is 11.4. The van der Waals surface area contributed by atoms with Gasteiger partial charge in [0.1, 0.15) is 13.2 Å². The van der Waals surface area contributed by atoms with Gasteiger partial charge in [0.15, 0.2) is 0 Å². The number of fused-ring (bicyclic) bond motifs is 2. The predicted molar refractivity (Wildman–Crippen MR) is 83.2 cm³/mol. The number of hydrogen-bond acceptors (Lipinski definition) is 6. The third-order valence-electron chi connectivity index (χ3n) is 6.28. The fourth-order valence-electron chi connectivity index (χ4n) is 4.24. The second-order valence-electron chi connectivity index (χ2n) is 8.12. The van der Waals surface area contributed by atoms with Gasteiger partial charge < -0.3 is 18.9 Å². The monoisotopic (exact) mass is 338 g/mol. The van der Waals surface area contributed by atoms with Crippen LogP contribution in [0.15, 0.2) is 0 Å². The highest BCUT2D eigenvalue weighted by molar-refractivity contribution is 5.73. The first-order valence-electron chi connectivity index (χ1n) is 9.08. The lowest BCUT2D eigenvalue weighted by Gasteiger charge is -2.22. The van der Waals surface area contributed by atoms with Crippen LogP contribution in [-0.2, 0) is 28.5 Å². The number of hydrogen-bond donors (Lipinski definition) is 0. The molecule has 2 heterocycles. The molecule has 0 amide bonds. The summed E-state index contributed by atoms with van der Waals surface area (Å²) in [5.41, 5.74) is 0.0152. The largest absolute Gasteiger partial charge is 0.462 e. The number of carbonyl (C=O) groups is 2. The van der Waals surface area contributed by atoms with Crippen LogP contribution in [0.1, 0.15) is 52.4 Å². The van der Waals surface area contributed by atoms with Crippen molar-refractivity contribution in [2.24, 2.45) is 11.8 Å². The molecule has 2 aliphatic heterocycles. The number of ether oxygens (including phenoxy) is 4. The maximum absolute atomic E-state index is 12.1. The smallest absolute Gasteiger partial charge is 0.309 e. The maximum Gasteiger partial charge on any atom is 0.309 e. The van der Waals surface area contributed by atoms with E-state index < -0.39 is 0 Å². The molecule has 2 saturated heterocycles. The number of carbonyl (C=O) groups excluding carboxylic acids is 2. The van der Waals surface area contributed by atoms with Crippen molar-refractivity contribution in [2.45, 2.75) is 75.8 Å². The average Bonchev–Trinajstić information content (AvgIpc) is 3.42. The molecule has 0 spiro atoms. The van der Waals surface area contributed by atoms with Gasteiger partial charge >= 0.3 is 11.9 Å². The zero-order chi connectivity index (χ0) is 16.9. The standard InChI is InChI=1S/C18H26O6/c1-17-5-3-11(9-13(17)23-17)15(19)21-7-8-22-16(20)12-4-6-18(2)14(10-12)24-18/h11-14H,3-10H2,1-2H3. The second-order valence-corrected chi connectivity index (χ2v) is 8.12. The molecular weight excluding hydrogens is 312 g/mol. The lowest BCUT2D eigenvalue weighted by atomic mass is 9.83. The van der Waals surface area contributed by atoms with Crippen molar-refractivity contribution in [3.8, 4) is 0 Å². The van der Waals surface area contributed by atoms with Crippen LogP contribution in [0, 0.1) is 11.8 Å². The Morgan fingerprint density at radius 1 is 0.875 bits per heavy atom. The Bertz CT molecular complexity index is 500. The average molecular weight is 338 g/mol. The first-order valence-corrected chi connectivity index (χ1v) is 9.08. The van der Waals surface area contributed by atoms with Crippen molar-refractivity contribution in [3.63, 3.8) is 0 Å². The minimum Gasteiger partial charge on any atom is -0.462 e. The van der Waals surface area contributed by atoms with Crippen LogP contribution < -0.4 is 0 Å². The van der Waals surface area contributed by atoms with E-state index in [9.17, 15) is 9.59 Å². The minimum absolute atomic E-state index is 0.00759. The molecule has 0 N–H and O–H groups in total. The summed E-state index contributed by atoms with van der Waals surface area (Å²) in [6.07, 6.45) is 5.37. The minimum atomic E-state index is -0.191. The molecule has 6 heteroatoms. The molecule has 6 unspecified atom stereocenters. The third-order valence-corrected chi connectivity index (χ3v) is 6.28. The van der Waals surface area contributed by atoms with Gasteiger partial charge in [0.25, 0.3) is 0 Å². The summed E-state index contributed by atoms with van der Waals surface area (Å²) in [5.74, 6) is -0.541. The van der Waals surface area contributed by atoms with Gasteiger partial charge in [-0.2, -0.15) is 0 Å². The molecule has 2 aliphatic carbocycles. The molecule has 0 aromatic heterocycles. The molecule has 24 heavy (non-hydrogen) atoms. The summed E-state index contributed by atoms with van der Waals surface area (Å²) in [6, 6.07) is 0. The van der Waals surface area contributed by atoms with Crippen molar-refractivity contribution in [3.05, 3.63) is 0 Å². The molecule has 4 rings (SSSR count). The summed E-state index contributed by atoms with van der Waals surface area (Å²) >= 11 is 0. The Hall–Kier alpha value is -1.14. The van der Waals surface area contributed by atoms with E-state index in [1.807, 2.05) is 0 Å². The Labute approximate surface area is 142 Å². The Morgan fingerprint density at radius 3 is 1.67 bits per heavy atom. The molecule has 6 nitrogen and oxygen atoms in total. The molecule has 0 aromatic rings. The van der Waals surface area contributed by atoms with E-state index in [0.717, 1.165) is 38.5 Å². The van der Waals surface area contributed by atoms with E-state index in [-0.39, 0.29) is 60.4 Å². The normalized spacial score (nSPS) is 45.6. The molecule has 0 bridgehead atoms. The van der Waals surface area contributed by atoms with Gasteiger partial charge in [0.05, 0.1) is 35.2 Å². The number of rotatable bonds is 5. The zero-order valence-electron chi connectivity index (χ0n) is 14.4. The van der Waals surface area contributed by atoms with Crippen LogP contribution in [0.2, 0.25) is 0 Å². The van der Waals surface area contributed by atoms with Gasteiger partial charge in [-0.3, -0.25) is 9.59 Å². The van der Waals surface area contributed by atoms with Gasteiger partial charge in [-0.1, -0.05) is 0 Å². The van der Waals surface area contributed by atoms with Crippen LogP contribution in [0.5, 0.6) is 0 Å². The molecule has 2 saturated carbocycles. The van der Waals surface area contributed by atoms with Crippen molar-refractivity contribution in [1.29, 1.82) is 0 Å². The van der Waals surface area contributed by atoms with E-state index in [1.165, 1.54) is 0 Å². The van der Waals surface area contributed by atoms with E-state index in [1.54, 1.807) is 0 Å². The summed E-state index contributed by atoms with van der Waals surface area (Å²) in [5, 5.41) is 0. The molecule has 4 aliphatic rings. The third kappa shape index (κ3) is 3.06. The van der Waals surface area contributed by atoms with Crippen LogP contribution in [0.3, 0.4) is 0 Å². The van der Waals surface area contributed by atoms with Crippen LogP contribution in [-0.4, -0.2) is 48.6 Å². The highest BCUT2D eigenvalue weighted by atomic mass is 16.6. The highest BCUT2D eigenvalue weighted by Gasteiger charge is 2.57. The van der Waals surface area contributed by atoms with Gasteiger partial charge in [0, 0.05) is 0 Å².